The number of carbonyl (C=O) groups is 1. The molecule has 0 bridgehead atoms. The van der Waals surface area contributed by atoms with E-state index < -0.39 is 0 Å². The fraction of sp³-hybridized carbons (Fsp3) is 0.571. The number of aromatic nitrogens is 2. The average Bonchev–Trinajstić information content (AvgIpc) is 2.69. The Hall–Kier alpha value is -2.14. The lowest BCUT2D eigenvalue weighted by molar-refractivity contribution is -0.125. The zero-order valence-electron chi connectivity index (χ0n) is 18.1. The second-order valence-electron chi connectivity index (χ2n) is 6.97. The summed E-state index contributed by atoms with van der Waals surface area (Å²) in [6, 6.07) is -0.378. The first-order valence-electron chi connectivity index (χ1n) is 9.85. The maximum absolute atomic E-state index is 12.5. The molecule has 0 saturated carbocycles. The van der Waals surface area contributed by atoms with Gasteiger partial charge < -0.3 is 10.6 Å². The largest absolute Gasteiger partial charge is 0.369 e. The summed E-state index contributed by atoms with van der Waals surface area (Å²) in [5.74, 6) is 6.79. The molecule has 7 nitrogen and oxygen atoms in total. The number of amides is 1. The number of carbonyl (C=O) groups excluding carboxylic acids is 1. The number of likely N-dealkylation sites (N-methyl/N-ethyl adjacent to an activating group) is 1. The van der Waals surface area contributed by atoms with Crippen molar-refractivity contribution < 1.29 is 4.79 Å². The fourth-order valence-corrected chi connectivity index (χ4v) is 2.67. The van der Waals surface area contributed by atoms with Crippen LogP contribution in [0, 0.1) is 11.8 Å². The van der Waals surface area contributed by atoms with Crippen LogP contribution in [0.5, 0.6) is 0 Å². The van der Waals surface area contributed by atoms with Crippen molar-refractivity contribution >= 4 is 23.3 Å². The van der Waals surface area contributed by atoms with Gasteiger partial charge in [-0.3, -0.25) is 14.6 Å². The molecule has 160 valence electrons. The van der Waals surface area contributed by atoms with Crippen LogP contribution in [0.1, 0.15) is 38.7 Å². The number of halogens is 1. The van der Waals surface area contributed by atoms with Gasteiger partial charge in [0.2, 0.25) is 11.2 Å². The van der Waals surface area contributed by atoms with Crippen LogP contribution in [0.3, 0.4) is 0 Å². The summed E-state index contributed by atoms with van der Waals surface area (Å²) in [5.41, 5.74) is 0.720. The minimum Gasteiger partial charge on any atom is -0.369 e. The summed E-state index contributed by atoms with van der Waals surface area (Å²) in [7, 11) is 5.88. The summed E-state index contributed by atoms with van der Waals surface area (Å²) >= 11 is 5.86. The molecule has 0 fully saturated rings. The van der Waals surface area contributed by atoms with Crippen LogP contribution in [-0.2, 0) is 4.79 Å². The van der Waals surface area contributed by atoms with Crippen molar-refractivity contribution in [2.45, 2.75) is 45.3 Å². The summed E-state index contributed by atoms with van der Waals surface area (Å²) < 4.78 is 0. The van der Waals surface area contributed by atoms with Crippen LogP contribution in [0.4, 0.5) is 5.82 Å². The van der Waals surface area contributed by atoms with E-state index in [1.165, 1.54) is 0 Å². The Bertz CT molecular complexity index is 728. The second kappa shape index (κ2) is 13.2. The van der Waals surface area contributed by atoms with Gasteiger partial charge in [0.05, 0.1) is 11.7 Å². The first-order chi connectivity index (χ1) is 13.8. The molecule has 0 aliphatic rings. The van der Waals surface area contributed by atoms with Gasteiger partial charge in [-0.1, -0.05) is 24.8 Å². The minimum atomic E-state index is -0.378. The van der Waals surface area contributed by atoms with Gasteiger partial charge in [0, 0.05) is 25.7 Å². The van der Waals surface area contributed by atoms with Crippen molar-refractivity contribution in [1.29, 1.82) is 0 Å². The predicted molar refractivity (Wildman–Crippen MR) is 120 cm³/mol. The predicted octanol–water partition coefficient (Wildman–Crippen LogP) is 2.59. The van der Waals surface area contributed by atoms with E-state index in [-0.39, 0.29) is 23.4 Å². The van der Waals surface area contributed by atoms with Crippen LogP contribution in [0.15, 0.2) is 18.9 Å². The lowest BCUT2D eigenvalue weighted by Gasteiger charge is -2.34. The number of rotatable bonds is 11. The number of nitrogens with one attached hydrogen (secondary N) is 2. The minimum absolute atomic E-state index is 0.0543. The standard InChI is InChI=1S/C21H33ClN6O/c1-7-13-23-19-17(15-25-21(22)26-19)12-10-9-11-14-24-20(29)18(8-2)28(6)16(3)27(4)5/h8,15-16,18H,2,7,9,11,13-14H2,1,3-6H3,(H,24,29)(H,23,25,26)/t16?,18-/m0/s1. The number of hydrogen-bond acceptors (Lipinski definition) is 6. The summed E-state index contributed by atoms with van der Waals surface area (Å²) in [6.07, 6.45) is 5.79. The van der Waals surface area contributed by atoms with Crippen LogP contribution in [0.2, 0.25) is 5.28 Å². The van der Waals surface area contributed by atoms with E-state index in [4.69, 9.17) is 11.6 Å². The fourth-order valence-electron chi connectivity index (χ4n) is 2.54. The van der Waals surface area contributed by atoms with Crippen molar-refractivity contribution in [2.24, 2.45) is 0 Å². The van der Waals surface area contributed by atoms with Crippen molar-refractivity contribution in [3.8, 4) is 11.8 Å². The third-order valence-corrected chi connectivity index (χ3v) is 4.75. The molecule has 1 aromatic heterocycles. The van der Waals surface area contributed by atoms with Gasteiger partial charge in [-0.15, -0.1) is 6.58 Å². The molecule has 0 aliphatic heterocycles. The Morgan fingerprint density at radius 3 is 2.72 bits per heavy atom. The van der Waals surface area contributed by atoms with E-state index in [1.807, 2.05) is 37.9 Å². The van der Waals surface area contributed by atoms with Gasteiger partial charge in [0.15, 0.2) is 0 Å². The molecule has 2 N–H and O–H groups in total. The molecule has 29 heavy (non-hydrogen) atoms. The van der Waals surface area contributed by atoms with Crippen molar-refractivity contribution in [3.63, 3.8) is 0 Å². The zero-order chi connectivity index (χ0) is 21.8. The van der Waals surface area contributed by atoms with E-state index in [2.05, 4.69) is 45.9 Å². The number of hydrogen-bond donors (Lipinski definition) is 2. The summed E-state index contributed by atoms with van der Waals surface area (Å²) in [4.78, 5) is 24.7. The topological polar surface area (TPSA) is 73.4 Å². The lowest BCUT2D eigenvalue weighted by atomic mass is 10.2. The molecule has 0 aliphatic carbocycles. The molecule has 8 heteroatoms. The van der Waals surface area contributed by atoms with E-state index in [0.717, 1.165) is 24.9 Å². The van der Waals surface area contributed by atoms with Crippen LogP contribution >= 0.6 is 11.6 Å². The molecular formula is C21H33ClN6O. The Labute approximate surface area is 179 Å². The molecule has 0 spiro atoms. The number of anilines is 1. The molecule has 0 radical (unpaired) electrons. The third-order valence-electron chi connectivity index (χ3n) is 4.57. The molecule has 1 amide bonds. The Morgan fingerprint density at radius 1 is 1.38 bits per heavy atom. The normalized spacial score (nSPS) is 12.8. The van der Waals surface area contributed by atoms with Gasteiger partial charge >= 0.3 is 0 Å². The van der Waals surface area contributed by atoms with Crippen LogP contribution < -0.4 is 10.6 Å². The maximum Gasteiger partial charge on any atom is 0.241 e. The molecule has 1 rings (SSSR count). The van der Waals surface area contributed by atoms with Gasteiger partial charge in [0.25, 0.3) is 0 Å². The van der Waals surface area contributed by atoms with Gasteiger partial charge in [-0.2, -0.15) is 4.98 Å². The molecule has 2 atom stereocenters. The lowest BCUT2D eigenvalue weighted by Crippen LogP contribution is -2.51. The maximum atomic E-state index is 12.5. The van der Waals surface area contributed by atoms with E-state index >= 15 is 0 Å². The van der Waals surface area contributed by atoms with E-state index in [1.54, 1.807) is 12.3 Å². The molecular weight excluding hydrogens is 388 g/mol. The Morgan fingerprint density at radius 2 is 2.10 bits per heavy atom. The van der Waals surface area contributed by atoms with Crippen LogP contribution in [-0.4, -0.2) is 72.1 Å². The molecule has 1 heterocycles. The SMILES string of the molecule is C=C[C@@H](C(=O)NCCCC#Cc1cnc(Cl)nc1NCCC)N(C)C(C)N(C)C. The Kier molecular flexibility index (Phi) is 11.3. The average molecular weight is 421 g/mol. The molecule has 0 aromatic carbocycles. The van der Waals surface area contributed by atoms with Crippen LogP contribution in [0.25, 0.3) is 0 Å². The first kappa shape index (κ1) is 24.9. The molecule has 0 saturated heterocycles. The highest BCUT2D eigenvalue weighted by atomic mass is 35.5. The molecule has 1 aromatic rings. The highest BCUT2D eigenvalue weighted by molar-refractivity contribution is 6.28. The zero-order valence-corrected chi connectivity index (χ0v) is 18.9. The van der Waals surface area contributed by atoms with Gasteiger partial charge in [0.1, 0.15) is 11.9 Å². The number of unbranched alkanes of at least 4 members (excludes halogenated alkanes) is 1. The van der Waals surface area contributed by atoms with Crippen molar-refractivity contribution in [2.75, 3.05) is 39.5 Å². The van der Waals surface area contributed by atoms with Crippen molar-refractivity contribution in [3.05, 3.63) is 29.7 Å². The first-order valence-corrected chi connectivity index (χ1v) is 10.2. The van der Waals surface area contributed by atoms with Crippen molar-refractivity contribution in [1.82, 2.24) is 25.1 Å². The Balaban J connectivity index is 2.52. The highest BCUT2D eigenvalue weighted by Gasteiger charge is 2.24. The monoisotopic (exact) mass is 420 g/mol. The number of nitrogens with zero attached hydrogens (tertiary/aromatic N) is 4. The van der Waals surface area contributed by atoms with E-state index in [9.17, 15) is 4.79 Å². The quantitative estimate of drug-likeness (QED) is 0.188. The van der Waals surface area contributed by atoms with Gasteiger partial charge in [-0.25, -0.2) is 4.98 Å². The van der Waals surface area contributed by atoms with Gasteiger partial charge in [-0.05, 0) is 52.5 Å². The highest BCUT2D eigenvalue weighted by Crippen LogP contribution is 2.13. The molecule has 1 unspecified atom stereocenters. The summed E-state index contributed by atoms with van der Waals surface area (Å²) in [6.45, 7) is 9.27. The second-order valence-corrected chi connectivity index (χ2v) is 7.30. The smallest absolute Gasteiger partial charge is 0.241 e. The summed E-state index contributed by atoms with van der Waals surface area (Å²) in [5, 5.41) is 6.36. The third kappa shape index (κ3) is 8.40. The van der Waals surface area contributed by atoms with E-state index in [0.29, 0.717) is 18.8 Å².